The molecule has 0 saturated carbocycles. The van der Waals surface area contributed by atoms with E-state index in [0.717, 1.165) is 12.2 Å². The molecular weight excluding hydrogens is 192 g/mol. The number of rotatable bonds is 3. The molecule has 0 bridgehead atoms. The van der Waals surface area contributed by atoms with Crippen molar-refractivity contribution in [3.05, 3.63) is 29.8 Å². The van der Waals surface area contributed by atoms with E-state index in [0.29, 0.717) is 6.61 Å². The first kappa shape index (κ1) is 10.5. The van der Waals surface area contributed by atoms with E-state index in [1.54, 1.807) is 0 Å². The fourth-order valence-corrected chi connectivity index (χ4v) is 1.73. The minimum absolute atomic E-state index is 0.0160. The van der Waals surface area contributed by atoms with Crippen LogP contribution >= 0.6 is 0 Å². The highest BCUT2D eigenvalue weighted by Gasteiger charge is 2.29. The van der Waals surface area contributed by atoms with Crippen molar-refractivity contribution < 1.29 is 14.6 Å². The minimum Gasteiger partial charge on any atom is -0.488 e. The lowest BCUT2D eigenvalue weighted by atomic mass is 10.2. The Morgan fingerprint density at radius 1 is 1.40 bits per heavy atom. The van der Waals surface area contributed by atoms with Crippen LogP contribution in [0.1, 0.15) is 12.0 Å². The Morgan fingerprint density at radius 3 is 2.80 bits per heavy atom. The molecule has 2 rings (SSSR count). The van der Waals surface area contributed by atoms with Gasteiger partial charge in [0.15, 0.2) is 0 Å². The van der Waals surface area contributed by atoms with Crippen LogP contribution in [0.2, 0.25) is 0 Å². The third-order valence-corrected chi connectivity index (χ3v) is 2.64. The normalized spacial score (nSPS) is 25.5. The molecule has 1 saturated heterocycles. The van der Waals surface area contributed by atoms with Gasteiger partial charge in [0.25, 0.3) is 0 Å². The molecule has 15 heavy (non-hydrogen) atoms. The van der Waals surface area contributed by atoms with E-state index in [9.17, 15) is 0 Å². The summed E-state index contributed by atoms with van der Waals surface area (Å²) in [6.45, 7) is 2.73. The molecule has 1 aromatic rings. The number of aliphatic hydroxyl groups excluding tert-OH is 1. The first-order valence-corrected chi connectivity index (χ1v) is 5.25. The molecule has 1 aliphatic rings. The lowest BCUT2D eigenvalue weighted by molar-refractivity contribution is 0.0128. The van der Waals surface area contributed by atoms with E-state index >= 15 is 0 Å². The Labute approximate surface area is 89.6 Å². The molecule has 0 radical (unpaired) electrons. The zero-order valence-electron chi connectivity index (χ0n) is 8.85. The number of hydrogen-bond acceptors (Lipinski definition) is 3. The third-order valence-electron chi connectivity index (χ3n) is 2.64. The first-order chi connectivity index (χ1) is 7.29. The van der Waals surface area contributed by atoms with Crippen LogP contribution in [0.15, 0.2) is 24.3 Å². The van der Waals surface area contributed by atoms with Gasteiger partial charge >= 0.3 is 0 Å². The van der Waals surface area contributed by atoms with E-state index in [-0.39, 0.29) is 18.8 Å². The van der Waals surface area contributed by atoms with Gasteiger partial charge in [0, 0.05) is 6.42 Å². The molecule has 82 valence electrons. The van der Waals surface area contributed by atoms with Crippen LogP contribution < -0.4 is 4.74 Å². The van der Waals surface area contributed by atoms with Crippen LogP contribution in [0.4, 0.5) is 0 Å². The average molecular weight is 208 g/mol. The highest BCUT2D eigenvalue weighted by atomic mass is 16.6. The summed E-state index contributed by atoms with van der Waals surface area (Å²) < 4.78 is 11.1. The van der Waals surface area contributed by atoms with Crippen LogP contribution in [0.25, 0.3) is 0 Å². The van der Waals surface area contributed by atoms with Crippen molar-refractivity contribution >= 4 is 0 Å². The van der Waals surface area contributed by atoms with Crippen molar-refractivity contribution in [2.24, 2.45) is 0 Å². The van der Waals surface area contributed by atoms with Crippen LogP contribution in [0.3, 0.4) is 0 Å². The third kappa shape index (κ3) is 2.49. The summed E-state index contributed by atoms with van der Waals surface area (Å²) in [6, 6.07) is 7.92. The van der Waals surface area contributed by atoms with Crippen molar-refractivity contribution in [2.75, 3.05) is 13.2 Å². The average Bonchev–Trinajstić information content (AvgIpc) is 2.69. The van der Waals surface area contributed by atoms with Gasteiger partial charge in [-0.2, -0.15) is 0 Å². The fraction of sp³-hybridized carbons (Fsp3) is 0.500. The molecule has 1 fully saturated rings. The van der Waals surface area contributed by atoms with Gasteiger partial charge in [0.05, 0.1) is 13.2 Å². The minimum atomic E-state index is -0.175. The Morgan fingerprint density at radius 2 is 2.13 bits per heavy atom. The largest absolute Gasteiger partial charge is 0.488 e. The molecule has 1 aromatic carbocycles. The number of ether oxygens (including phenoxy) is 2. The predicted molar refractivity (Wildman–Crippen MR) is 57.0 cm³/mol. The topological polar surface area (TPSA) is 38.7 Å². The molecule has 0 amide bonds. The van der Waals surface area contributed by atoms with Crippen LogP contribution in [0.5, 0.6) is 5.75 Å². The van der Waals surface area contributed by atoms with Crippen molar-refractivity contribution in [1.29, 1.82) is 0 Å². The summed E-state index contributed by atoms with van der Waals surface area (Å²) in [5.74, 6) is 0.842. The van der Waals surface area contributed by atoms with Gasteiger partial charge in [-0.15, -0.1) is 0 Å². The van der Waals surface area contributed by atoms with Gasteiger partial charge in [0.1, 0.15) is 18.0 Å². The number of aliphatic hydroxyl groups is 1. The standard InChI is InChI=1S/C12H16O3/c1-9-2-4-10(5-3-9)15-11-6-7-14-12(11)8-13/h2-5,11-13H,6-8H2,1H3/t11-,12-/m1/s1. The summed E-state index contributed by atoms with van der Waals surface area (Å²) in [6.07, 6.45) is 0.656. The Bertz CT molecular complexity index is 307. The molecule has 1 aliphatic heterocycles. The van der Waals surface area contributed by atoms with Crippen molar-refractivity contribution in [2.45, 2.75) is 25.6 Å². The second kappa shape index (κ2) is 4.64. The molecule has 1 heterocycles. The molecule has 0 aromatic heterocycles. The van der Waals surface area contributed by atoms with E-state index in [1.165, 1.54) is 5.56 Å². The Balaban J connectivity index is 1.99. The van der Waals surface area contributed by atoms with E-state index in [4.69, 9.17) is 14.6 Å². The van der Waals surface area contributed by atoms with Crippen molar-refractivity contribution in [3.63, 3.8) is 0 Å². The summed E-state index contributed by atoms with van der Waals surface area (Å²) >= 11 is 0. The maximum Gasteiger partial charge on any atom is 0.129 e. The summed E-state index contributed by atoms with van der Waals surface area (Å²) in [4.78, 5) is 0. The molecule has 1 N–H and O–H groups in total. The van der Waals surface area contributed by atoms with Crippen LogP contribution in [-0.4, -0.2) is 30.5 Å². The summed E-state index contributed by atoms with van der Waals surface area (Å²) in [5, 5.41) is 9.05. The van der Waals surface area contributed by atoms with E-state index in [2.05, 4.69) is 0 Å². The quantitative estimate of drug-likeness (QED) is 0.818. The van der Waals surface area contributed by atoms with Gasteiger partial charge in [-0.05, 0) is 19.1 Å². The van der Waals surface area contributed by atoms with Gasteiger partial charge in [-0.3, -0.25) is 0 Å². The molecule has 3 heteroatoms. The zero-order chi connectivity index (χ0) is 10.7. The smallest absolute Gasteiger partial charge is 0.129 e. The monoisotopic (exact) mass is 208 g/mol. The van der Waals surface area contributed by atoms with Gasteiger partial charge in [-0.1, -0.05) is 17.7 Å². The Hall–Kier alpha value is -1.06. The number of aryl methyl sites for hydroxylation is 1. The fourth-order valence-electron chi connectivity index (χ4n) is 1.73. The molecule has 0 spiro atoms. The molecule has 0 unspecified atom stereocenters. The molecular formula is C12H16O3. The molecule has 2 atom stereocenters. The van der Waals surface area contributed by atoms with Crippen LogP contribution in [0, 0.1) is 6.92 Å². The van der Waals surface area contributed by atoms with E-state index < -0.39 is 0 Å². The SMILES string of the molecule is Cc1ccc(O[C@@H]2CCO[C@@H]2CO)cc1. The van der Waals surface area contributed by atoms with Crippen molar-refractivity contribution in [3.8, 4) is 5.75 Å². The highest BCUT2D eigenvalue weighted by molar-refractivity contribution is 5.26. The van der Waals surface area contributed by atoms with E-state index in [1.807, 2.05) is 31.2 Å². The number of hydrogen-bond donors (Lipinski definition) is 1. The van der Waals surface area contributed by atoms with Gasteiger partial charge in [0.2, 0.25) is 0 Å². The predicted octanol–water partition coefficient (Wildman–Crippen LogP) is 1.52. The summed E-state index contributed by atoms with van der Waals surface area (Å²) in [5.41, 5.74) is 1.21. The lowest BCUT2D eigenvalue weighted by Gasteiger charge is -2.18. The van der Waals surface area contributed by atoms with Gasteiger partial charge in [-0.25, -0.2) is 0 Å². The lowest BCUT2D eigenvalue weighted by Crippen LogP contribution is -2.30. The Kier molecular flexibility index (Phi) is 3.23. The first-order valence-electron chi connectivity index (χ1n) is 5.25. The second-order valence-corrected chi connectivity index (χ2v) is 3.85. The summed E-state index contributed by atoms with van der Waals surface area (Å²) in [7, 11) is 0. The number of benzene rings is 1. The highest BCUT2D eigenvalue weighted by Crippen LogP contribution is 2.21. The second-order valence-electron chi connectivity index (χ2n) is 3.85. The molecule has 3 nitrogen and oxygen atoms in total. The zero-order valence-corrected chi connectivity index (χ0v) is 8.85. The van der Waals surface area contributed by atoms with Crippen molar-refractivity contribution in [1.82, 2.24) is 0 Å². The van der Waals surface area contributed by atoms with Crippen LogP contribution in [-0.2, 0) is 4.74 Å². The maximum absolute atomic E-state index is 9.05. The van der Waals surface area contributed by atoms with Gasteiger partial charge < -0.3 is 14.6 Å². The maximum atomic E-state index is 9.05. The molecule has 0 aliphatic carbocycles.